The van der Waals surface area contributed by atoms with Crippen molar-refractivity contribution in [1.29, 1.82) is 0 Å². The highest BCUT2D eigenvalue weighted by molar-refractivity contribution is 5.80. The number of nitrogens with zero attached hydrogens (tertiary/aromatic N) is 3. The number of hydrogen-bond acceptors (Lipinski definition) is 4. The highest BCUT2D eigenvalue weighted by Crippen LogP contribution is 2.19. The number of carbonyl (C=O) groups is 2. The smallest absolute Gasteiger partial charge is 0.410 e. The Morgan fingerprint density at radius 2 is 2.08 bits per heavy atom. The molecule has 1 fully saturated rings. The first-order valence-corrected chi connectivity index (χ1v) is 9.38. The summed E-state index contributed by atoms with van der Waals surface area (Å²) in [5, 5.41) is 3.29. The summed E-state index contributed by atoms with van der Waals surface area (Å²) in [4.78, 5) is 31.5. The summed E-state index contributed by atoms with van der Waals surface area (Å²) in [7, 11) is 1.71. The van der Waals surface area contributed by atoms with Crippen LogP contribution in [0.4, 0.5) is 4.79 Å². The zero-order valence-electron chi connectivity index (χ0n) is 16.9. The Labute approximate surface area is 157 Å². The minimum absolute atomic E-state index is 0.252. The number of nitrogens with one attached hydrogen (secondary N) is 1. The zero-order chi connectivity index (χ0) is 19.7. The van der Waals surface area contributed by atoms with E-state index in [9.17, 15) is 9.59 Å². The summed E-state index contributed by atoms with van der Waals surface area (Å²) < 4.78 is 5.34. The van der Waals surface area contributed by atoms with Gasteiger partial charge < -0.3 is 25.6 Å². The fraction of sp³-hybridized carbons (Fsp3) is 0.833. The van der Waals surface area contributed by atoms with Crippen molar-refractivity contribution in [1.82, 2.24) is 15.1 Å². The maximum absolute atomic E-state index is 12.0. The Bertz CT molecular complexity index is 502. The molecule has 0 aromatic heterocycles. The summed E-state index contributed by atoms with van der Waals surface area (Å²) in [6.45, 7) is 11.0. The molecule has 1 aliphatic rings. The number of ether oxygens (including phenoxy) is 1. The number of likely N-dealkylation sites (tertiary alicyclic amines) is 1. The standard InChI is InChI=1S/C18H35N5O3/c1-6-20-16(23-10-7-8-14(13-23)12-15(19)24)21-9-11-22(5)17(25)26-18(2,3)4/h14H,6-13H2,1-5H3,(H2,19,24)(H,20,21). The van der Waals surface area contributed by atoms with Crippen molar-refractivity contribution in [3.8, 4) is 0 Å². The van der Waals surface area contributed by atoms with E-state index in [1.54, 1.807) is 7.05 Å². The molecule has 26 heavy (non-hydrogen) atoms. The van der Waals surface area contributed by atoms with Gasteiger partial charge in [0.05, 0.1) is 6.54 Å². The molecule has 8 heteroatoms. The molecule has 1 rings (SSSR count). The molecule has 0 radical (unpaired) electrons. The third-order valence-electron chi connectivity index (χ3n) is 4.05. The molecule has 0 bridgehead atoms. The summed E-state index contributed by atoms with van der Waals surface area (Å²) in [5.74, 6) is 0.839. The van der Waals surface area contributed by atoms with Crippen molar-refractivity contribution < 1.29 is 14.3 Å². The van der Waals surface area contributed by atoms with Gasteiger partial charge in [0.15, 0.2) is 5.96 Å². The number of hydrogen-bond donors (Lipinski definition) is 2. The van der Waals surface area contributed by atoms with Crippen LogP contribution in [0.5, 0.6) is 0 Å². The van der Waals surface area contributed by atoms with Gasteiger partial charge in [0.1, 0.15) is 5.60 Å². The normalized spacial score (nSPS) is 18.4. The SMILES string of the molecule is CCNC(=NCCN(C)C(=O)OC(C)(C)C)N1CCCC(CC(N)=O)C1. The van der Waals surface area contributed by atoms with E-state index >= 15 is 0 Å². The Balaban J connectivity index is 2.59. The van der Waals surface area contributed by atoms with Gasteiger partial charge in [-0.15, -0.1) is 0 Å². The number of likely N-dealkylation sites (N-methyl/N-ethyl adjacent to an activating group) is 1. The van der Waals surface area contributed by atoms with Crippen LogP contribution in [0.3, 0.4) is 0 Å². The Morgan fingerprint density at radius 1 is 1.38 bits per heavy atom. The van der Waals surface area contributed by atoms with Gasteiger partial charge in [0, 0.05) is 39.6 Å². The van der Waals surface area contributed by atoms with Crippen LogP contribution >= 0.6 is 0 Å². The molecule has 0 aromatic rings. The minimum Gasteiger partial charge on any atom is -0.444 e. The van der Waals surface area contributed by atoms with Crippen molar-refractivity contribution in [2.75, 3.05) is 39.8 Å². The third-order valence-corrected chi connectivity index (χ3v) is 4.05. The molecule has 0 aliphatic carbocycles. The number of carbonyl (C=O) groups excluding carboxylic acids is 2. The summed E-state index contributed by atoms with van der Waals surface area (Å²) in [5.41, 5.74) is 4.83. The average Bonchev–Trinajstić information content (AvgIpc) is 2.52. The van der Waals surface area contributed by atoms with Crippen molar-refractivity contribution in [3.63, 3.8) is 0 Å². The summed E-state index contributed by atoms with van der Waals surface area (Å²) >= 11 is 0. The number of guanidine groups is 1. The molecular weight excluding hydrogens is 334 g/mol. The van der Waals surface area contributed by atoms with Gasteiger partial charge in [-0.05, 0) is 46.5 Å². The van der Waals surface area contributed by atoms with Gasteiger partial charge in [0.2, 0.25) is 5.91 Å². The number of piperidine rings is 1. The lowest BCUT2D eigenvalue weighted by Gasteiger charge is -2.34. The Morgan fingerprint density at radius 3 is 2.65 bits per heavy atom. The molecule has 0 aromatic carbocycles. The van der Waals surface area contributed by atoms with Gasteiger partial charge in [-0.3, -0.25) is 9.79 Å². The summed E-state index contributed by atoms with van der Waals surface area (Å²) in [6, 6.07) is 0. The average molecular weight is 370 g/mol. The van der Waals surface area contributed by atoms with Crippen LogP contribution < -0.4 is 11.1 Å². The van der Waals surface area contributed by atoms with Crippen LogP contribution in [-0.4, -0.2) is 73.1 Å². The second kappa shape index (κ2) is 10.2. The molecule has 8 nitrogen and oxygen atoms in total. The Kier molecular flexibility index (Phi) is 8.68. The number of rotatable bonds is 6. The highest BCUT2D eigenvalue weighted by Gasteiger charge is 2.24. The molecule has 150 valence electrons. The maximum Gasteiger partial charge on any atom is 0.410 e. The molecule has 1 saturated heterocycles. The lowest BCUT2D eigenvalue weighted by atomic mass is 9.95. The van der Waals surface area contributed by atoms with E-state index < -0.39 is 5.60 Å². The lowest BCUT2D eigenvalue weighted by molar-refractivity contribution is -0.119. The van der Waals surface area contributed by atoms with Gasteiger partial charge in [-0.1, -0.05) is 0 Å². The van der Waals surface area contributed by atoms with E-state index in [4.69, 9.17) is 10.5 Å². The van der Waals surface area contributed by atoms with E-state index in [1.807, 2.05) is 27.7 Å². The number of nitrogens with two attached hydrogens (primary N) is 1. The van der Waals surface area contributed by atoms with Gasteiger partial charge in [-0.25, -0.2) is 4.79 Å². The second-order valence-corrected chi connectivity index (χ2v) is 7.76. The van der Waals surface area contributed by atoms with Crippen LogP contribution in [0.25, 0.3) is 0 Å². The van der Waals surface area contributed by atoms with E-state index in [0.29, 0.717) is 19.5 Å². The van der Waals surface area contributed by atoms with Gasteiger partial charge >= 0.3 is 6.09 Å². The van der Waals surface area contributed by atoms with Crippen LogP contribution in [0, 0.1) is 5.92 Å². The monoisotopic (exact) mass is 369 g/mol. The van der Waals surface area contributed by atoms with Crippen molar-refractivity contribution in [2.45, 2.75) is 52.6 Å². The topological polar surface area (TPSA) is 100 Å². The van der Waals surface area contributed by atoms with Gasteiger partial charge in [-0.2, -0.15) is 0 Å². The van der Waals surface area contributed by atoms with E-state index in [0.717, 1.165) is 38.4 Å². The number of aliphatic imine (C=N–C) groups is 1. The van der Waals surface area contributed by atoms with Crippen molar-refractivity contribution in [2.24, 2.45) is 16.6 Å². The van der Waals surface area contributed by atoms with Crippen LogP contribution in [0.15, 0.2) is 4.99 Å². The van der Waals surface area contributed by atoms with Crippen LogP contribution in [-0.2, 0) is 9.53 Å². The van der Waals surface area contributed by atoms with E-state index in [2.05, 4.69) is 15.2 Å². The number of primary amides is 1. The first kappa shape index (κ1) is 22.1. The minimum atomic E-state index is -0.507. The number of amides is 2. The van der Waals surface area contributed by atoms with E-state index in [1.165, 1.54) is 4.90 Å². The van der Waals surface area contributed by atoms with Crippen molar-refractivity contribution in [3.05, 3.63) is 0 Å². The highest BCUT2D eigenvalue weighted by atomic mass is 16.6. The van der Waals surface area contributed by atoms with Crippen LogP contribution in [0.1, 0.15) is 47.0 Å². The summed E-state index contributed by atoms with van der Waals surface area (Å²) in [6.07, 6.45) is 2.09. The third kappa shape index (κ3) is 8.40. The molecule has 1 unspecified atom stereocenters. The van der Waals surface area contributed by atoms with E-state index in [-0.39, 0.29) is 17.9 Å². The molecule has 1 aliphatic heterocycles. The quantitative estimate of drug-likeness (QED) is 0.545. The molecule has 2 amide bonds. The molecule has 3 N–H and O–H groups in total. The second-order valence-electron chi connectivity index (χ2n) is 7.76. The first-order valence-electron chi connectivity index (χ1n) is 9.38. The fourth-order valence-corrected chi connectivity index (χ4v) is 2.87. The van der Waals surface area contributed by atoms with Gasteiger partial charge in [0.25, 0.3) is 0 Å². The zero-order valence-corrected chi connectivity index (χ0v) is 16.9. The predicted octanol–water partition coefficient (Wildman–Crippen LogP) is 1.41. The van der Waals surface area contributed by atoms with Crippen molar-refractivity contribution >= 4 is 18.0 Å². The fourth-order valence-electron chi connectivity index (χ4n) is 2.87. The predicted molar refractivity (Wildman–Crippen MR) is 103 cm³/mol. The molecule has 1 heterocycles. The largest absolute Gasteiger partial charge is 0.444 e. The first-order chi connectivity index (χ1) is 12.1. The molecule has 0 saturated carbocycles. The molecule has 1 atom stereocenters. The lowest BCUT2D eigenvalue weighted by Crippen LogP contribution is -2.47. The Hall–Kier alpha value is -1.99. The molecule has 0 spiro atoms. The van der Waals surface area contributed by atoms with Crippen LogP contribution in [0.2, 0.25) is 0 Å². The maximum atomic E-state index is 12.0. The molecular formula is C18H35N5O3.